The van der Waals surface area contributed by atoms with Crippen molar-refractivity contribution in [3.8, 4) is 22.3 Å². The van der Waals surface area contributed by atoms with Gasteiger partial charge in [-0.2, -0.15) is 0 Å². The van der Waals surface area contributed by atoms with Gasteiger partial charge in [0.25, 0.3) is 0 Å². The van der Waals surface area contributed by atoms with Crippen molar-refractivity contribution >= 4 is 49.8 Å². The fourth-order valence-electron chi connectivity index (χ4n) is 7.49. The van der Waals surface area contributed by atoms with Gasteiger partial charge in [0.2, 0.25) is 0 Å². The molecule has 8 aromatic rings. The van der Waals surface area contributed by atoms with E-state index in [2.05, 4.69) is 170 Å². The Bertz CT molecular complexity index is 2400. The van der Waals surface area contributed by atoms with E-state index >= 15 is 0 Å². The van der Waals surface area contributed by atoms with Crippen LogP contribution in [0.1, 0.15) is 25.0 Å². The lowest BCUT2D eigenvalue weighted by Crippen LogP contribution is -2.16. The summed E-state index contributed by atoms with van der Waals surface area (Å²) in [5.74, 6) is 0. The third-order valence-corrected chi connectivity index (χ3v) is 9.65. The number of hydrogen-bond acceptors (Lipinski definition) is 2. The van der Waals surface area contributed by atoms with Crippen molar-refractivity contribution in [2.75, 3.05) is 4.90 Å². The fraction of sp³-hybridized carbons (Fsp3) is 0.0698. The SMILES string of the molecule is CC1(C)c2ccccc2-c2c(N(c3ccc(-c4ccccc4)cc3)c3cc4ccccc4c4c3oc3ccccc34)cccc21. The standard InChI is InChI=1S/C43H31NO/c1-43(2)35-19-10-8-17-33(35)41-36(43)20-12-21-37(41)44(31-25-23-29(24-26-31)28-13-4-3-5-14-28)38-27-30-15-6-7-16-32(30)40-34-18-9-11-22-39(34)45-42(38)40/h3-27H,1-2H3. The van der Waals surface area contributed by atoms with Crippen LogP contribution in [0, 0.1) is 0 Å². The van der Waals surface area contributed by atoms with Crippen LogP contribution in [0.3, 0.4) is 0 Å². The van der Waals surface area contributed by atoms with E-state index in [1.807, 2.05) is 0 Å². The molecule has 0 spiro atoms. The van der Waals surface area contributed by atoms with Crippen LogP contribution < -0.4 is 4.90 Å². The van der Waals surface area contributed by atoms with Crippen LogP contribution in [0.25, 0.3) is 55.0 Å². The Labute approximate surface area is 262 Å². The number of anilines is 3. The van der Waals surface area contributed by atoms with Gasteiger partial charge in [-0.15, -0.1) is 0 Å². The smallest absolute Gasteiger partial charge is 0.160 e. The molecule has 0 amide bonds. The van der Waals surface area contributed by atoms with Crippen molar-refractivity contribution in [3.63, 3.8) is 0 Å². The molecule has 0 saturated heterocycles. The quantitative estimate of drug-likeness (QED) is 0.207. The largest absolute Gasteiger partial charge is 0.454 e. The van der Waals surface area contributed by atoms with E-state index in [9.17, 15) is 0 Å². The maximum absolute atomic E-state index is 6.80. The van der Waals surface area contributed by atoms with Crippen molar-refractivity contribution in [1.29, 1.82) is 0 Å². The van der Waals surface area contributed by atoms with Crippen LogP contribution in [0.2, 0.25) is 0 Å². The zero-order chi connectivity index (χ0) is 30.1. The molecular weight excluding hydrogens is 546 g/mol. The molecule has 9 rings (SSSR count). The first-order valence-corrected chi connectivity index (χ1v) is 15.6. The Hall–Kier alpha value is -5.60. The van der Waals surface area contributed by atoms with Crippen molar-refractivity contribution in [2.45, 2.75) is 19.3 Å². The van der Waals surface area contributed by atoms with E-state index in [1.165, 1.54) is 44.2 Å². The molecule has 45 heavy (non-hydrogen) atoms. The summed E-state index contributed by atoms with van der Waals surface area (Å²) in [5, 5.41) is 4.67. The van der Waals surface area contributed by atoms with Gasteiger partial charge in [-0.1, -0.05) is 135 Å². The molecule has 0 saturated carbocycles. The van der Waals surface area contributed by atoms with Gasteiger partial charge in [0.05, 0.1) is 11.4 Å². The lowest BCUT2D eigenvalue weighted by molar-refractivity contribution is 0.660. The van der Waals surface area contributed by atoms with E-state index < -0.39 is 0 Å². The van der Waals surface area contributed by atoms with Crippen LogP contribution in [-0.4, -0.2) is 0 Å². The molecule has 0 radical (unpaired) electrons. The summed E-state index contributed by atoms with van der Waals surface area (Å²) in [6, 6.07) is 54.6. The third kappa shape index (κ3) is 3.82. The summed E-state index contributed by atoms with van der Waals surface area (Å²) in [6.07, 6.45) is 0. The number of hydrogen-bond donors (Lipinski definition) is 0. The summed E-state index contributed by atoms with van der Waals surface area (Å²) in [5.41, 5.74) is 12.6. The Balaban J connectivity index is 1.38. The highest BCUT2D eigenvalue weighted by molar-refractivity contribution is 6.23. The van der Waals surface area contributed by atoms with Gasteiger partial charge in [0, 0.05) is 27.4 Å². The van der Waals surface area contributed by atoms with E-state index in [0.717, 1.165) is 39.0 Å². The first kappa shape index (κ1) is 25.9. The first-order chi connectivity index (χ1) is 22.1. The van der Waals surface area contributed by atoms with Crippen LogP contribution >= 0.6 is 0 Å². The van der Waals surface area contributed by atoms with Crippen molar-refractivity contribution in [1.82, 2.24) is 0 Å². The highest BCUT2D eigenvalue weighted by Gasteiger charge is 2.38. The molecule has 2 nitrogen and oxygen atoms in total. The average Bonchev–Trinajstić information content (AvgIpc) is 3.59. The summed E-state index contributed by atoms with van der Waals surface area (Å²) < 4.78 is 6.80. The number of rotatable bonds is 4. The minimum atomic E-state index is -0.108. The lowest BCUT2D eigenvalue weighted by atomic mass is 9.82. The second kappa shape index (κ2) is 9.70. The van der Waals surface area contributed by atoms with Crippen LogP contribution in [0.4, 0.5) is 17.1 Å². The highest BCUT2D eigenvalue weighted by atomic mass is 16.3. The van der Waals surface area contributed by atoms with Crippen LogP contribution in [-0.2, 0) is 5.41 Å². The Morgan fingerprint density at radius 3 is 2.04 bits per heavy atom. The Kier molecular flexibility index (Phi) is 5.58. The summed E-state index contributed by atoms with van der Waals surface area (Å²) in [7, 11) is 0. The molecule has 0 fully saturated rings. The number of nitrogens with zero attached hydrogens (tertiary/aromatic N) is 1. The van der Waals surface area contributed by atoms with Crippen molar-refractivity contribution < 1.29 is 4.42 Å². The topological polar surface area (TPSA) is 16.4 Å². The van der Waals surface area contributed by atoms with Gasteiger partial charge in [-0.05, 0) is 68.9 Å². The molecule has 7 aromatic carbocycles. The van der Waals surface area contributed by atoms with Gasteiger partial charge in [0.15, 0.2) is 5.58 Å². The van der Waals surface area contributed by atoms with Gasteiger partial charge in [-0.3, -0.25) is 0 Å². The third-order valence-electron chi connectivity index (χ3n) is 9.65. The van der Waals surface area contributed by atoms with Gasteiger partial charge < -0.3 is 9.32 Å². The zero-order valence-corrected chi connectivity index (χ0v) is 25.3. The maximum Gasteiger partial charge on any atom is 0.160 e. The molecule has 0 aliphatic heterocycles. The molecular formula is C43H31NO. The number of fused-ring (bicyclic) bond motifs is 8. The Morgan fingerprint density at radius 2 is 1.20 bits per heavy atom. The van der Waals surface area contributed by atoms with Gasteiger partial charge in [-0.25, -0.2) is 0 Å². The van der Waals surface area contributed by atoms with E-state index in [-0.39, 0.29) is 5.41 Å². The molecule has 0 N–H and O–H groups in total. The Morgan fingerprint density at radius 1 is 0.533 bits per heavy atom. The van der Waals surface area contributed by atoms with Gasteiger partial charge >= 0.3 is 0 Å². The van der Waals surface area contributed by atoms with Crippen molar-refractivity contribution in [2.24, 2.45) is 0 Å². The summed E-state index contributed by atoms with van der Waals surface area (Å²) in [6.45, 7) is 4.68. The number of furan rings is 1. The highest BCUT2D eigenvalue weighted by Crippen LogP contribution is 2.55. The minimum absolute atomic E-state index is 0.108. The predicted octanol–water partition coefficient (Wildman–Crippen LogP) is 12.2. The molecule has 1 aliphatic rings. The summed E-state index contributed by atoms with van der Waals surface area (Å²) in [4.78, 5) is 2.42. The molecule has 1 heterocycles. The zero-order valence-electron chi connectivity index (χ0n) is 25.3. The lowest BCUT2D eigenvalue weighted by Gasteiger charge is -2.29. The van der Waals surface area contributed by atoms with Crippen LogP contribution in [0.15, 0.2) is 156 Å². The molecule has 0 bridgehead atoms. The average molecular weight is 578 g/mol. The van der Waals surface area contributed by atoms with E-state index in [0.29, 0.717) is 0 Å². The molecule has 0 atom stereocenters. The second-order valence-corrected chi connectivity index (χ2v) is 12.5. The molecule has 214 valence electrons. The normalized spacial score (nSPS) is 13.3. The molecule has 0 unspecified atom stereocenters. The summed E-state index contributed by atoms with van der Waals surface area (Å²) >= 11 is 0. The molecule has 2 heteroatoms. The molecule has 1 aromatic heterocycles. The van der Waals surface area contributed by atoms with Gasteiger partial charge in [0.1, 0.15) is 5.58 Å². The van der Waals surface area contributed by atoms with Crippen molar-refractivity contribution in [3.05, 3.63) is 163 Å². The maximum atomic E-state index is 6.80. The van der Waals surface area contributed by atoms with E-state index in [4.69, 9.17) is 4.42 Å². The first-order valence-electron chi connectivity index (χ1n) is 15.6. The van der Waals surface area contributed by atoms with E-state index in [1.54, 1.807) is 0 Å². The molecule has 1 aliphatic carbocycles. The second-order valence-electron chi connectivity index (χ2n) is 12.5. The monoisotopic (exact) mass is 577 g/mol. The fourth-order valence-corrected chi connectivity index (χ4v) is 7.49. The predicted molar refractivity (Wildman–Crippen MR) is 189 cm³/mol. The number of para-hydroxylation sites is 1. The number of benzene rings is 7. The minimum Gasteiger partial charge on any atom is -0.454 e. The van der Waals surface area contributed by atoms with Crippen LogP contribution in [0.5, 0.6) is 0 Å².